The van der Waals surface area contributed by atoms with Gasteiger partial charge < -0.3 is 14.8 Å². The molecule has 190 valence electrons. The quantitative estimate of drug-likeness (QED) is 0.367. The standard InChI is InChI=1S/C28H32ClN3O4/c1-19(2)14-22-11-12-23(16-24(22)29)27(33)31-32(28(34)30-3)17-21-10-13-25(26(15-21)35-4)36-18-20-8-6-5-7-9-20/h5-13,15-16,19H,14,17-18H2,1-4H3,(H,30,34)(H,31,33). The SMILES string of the molecule is CNC(=O)N(Cc1ccc(OCc2ccccc2)c(OC)c1)NC(=O)c1ccc(CC(C)C)c(Cl)c1. The van der Waals surface area contributed by atoms with Gasteiger partial charge in [-0.25, -0.2) is 9.80 Å². The van der Waals surface area contributed by atoms with E-state index in [1.165, 1.54) is 12.1 Å². The Morgan fingerprint density at radius 2 is 1.72 bits per heavy atom. The molecule has 0 aliphatic carbocycles. The van der Waals surface area contributed by atoms with Crippen LogP contribution in [0.15, 0.2) is 66.7 Å². The Bertz CT molecular complexity index is 1180. The van der Waals surface area contributed by atoms with Crippen LogP contribution in [0, 0.1) is 5.92 Å². The Morgan fingerprint density at radius 1 is 0.972 bits per heavy atom. The van der Waals surface area contributed by atoms with Gasteiger partial charge in [0.25, 0.3) is 5.91 Å². The minimum absolute atomic E-state index is 0.111. The summed E-state index contributed by atoms with van der Waals surface area (Å²) in [5.41, 5.74) is 5.79. The first kappa shape index (κ1) is 26.9. The zero-order chi connectivity index (χ0) is 26.1. The molecule has 0 atom stereocenters. The number of urea groups is 1. The average Bonchev–Trinajstić information content (AvgIpc) is 2.88. The van der Waals surface area contributed by atoms with Crippen LogP contribution in [-0.2, 0) is 19.6 Å². The summed E-state index contributed by atoms with van der Waals surface area (Å²) in [6, 6.07) is 19.9. The van der Waals surface area contributed by atoms with Crippen LogP contribution in [0.25, 0.3) is 0 Å². The van der Waals surface area contributed by atoms with Crippen molar-refractivity contribution in [1.29, 1.82) is 0 Å². The smallest absolute Gasteiger partial charge is 0.336 e. The molecular formula is C28H32ClN3O4. The van der Waals surface area contributed by atoms with E-state index in [2.05, 4.69) is 24.6 Å². The van der Waals surface area contributed by atoms with Crippen molar-refractivity contribution in [3.63, 3.8) is 0 Å². The predicted octanol–water partition coefficient (Wildman–Crippen LogP) is 5.61. The number of halogens is 1. The van der Waals surface area contributed by atoms with E-state index in [0.29, 0.717) is 34.6 Å². The third-order valence-electron chi connectivity index (χ3n) is 5.44. The van der Waals surface area contributed by atoms with Crippen molar-refractivity contribution in [2.24, 2.45) is 5.92 Å². The number of nitrogens with one attached hydrogen (secondary N) is 2. The van der Waals surface area contributed by atoms with Gasteiger partial charge in [0.1, 0.15) is 6.61 Å². The Balaban J connectivity index is 1.72. The number of rotatable bonds is 9. The van der Waals surface area contributed by atoms with Gasteiger partial charge in [0.05, 0.1) is 13.7 Å². The van der Waals surface area contributed by atoms with Gasteiger partial charge in [-0.1, -0.05) is 67.9 Å². The van der Waals surface area contributed by atoms with Gasteiger partial charge in [0.2, 0.25) is 0 Å². The Kier molecular flexibility index (Phi) is 9.59. The molecule has 0 spiro atoms. The van der Waals surface area contributed by atoms with Crippen molar-refractivity contribution in [3.8, 4) is 11.5 Å². The normalized spacial score (nSPS) is 10.6. The maximum Gasteiger partial charge on any atom is 0.336 e. The number of ether oxygens (including phenoxy) is 2. The van der Waals surface area contributed by atoms with E-state index in [-0.39, 0.29) is 6.54 Å². The predicted molar refractivity (Wildman–Crippen MR) is 141 cm³/mol. The van der Waals surface area contributed by atoms with Gasteiger partial charge in [0.15, 0.2) is 11.5 Å². The molecule has 36 heavy (non-hydrogen) atoms. The van der Waals surface area contributed by atoms with E-state index >= 15 is 0 Å². The molecule has 3 aromatic rings. The lowest BCUT2D eigenvalue weighted by Gasteiger charge is -2.23. The molecule has 8 heteroatoms. The third-order valence-corrected chi connectivity index (χ3v) is 5.80. The molecule has 3 amide bonds. The van der Waals surface area contributed by atoms with Gasteiger partial charge in [0, 0.05) is 17.6 Å². The molecule has 3 rings (SSSR count). The number of amides is 3. The monoisotopic (exact) mass is 509 g/mol. The van der Waals surface area contributed by atoms with Crippen molar-refractivity contribution in [1.82, 2.24) is 15.8 Å². The number of hydrogen-bond donors (Lipinski definition) is 2. The molecule has 3 aromatic carbocycles. The van der Waals surface area contributed by atoms with Crippen LogP contribution in [0.1, 0.15) is 40.9 Å². The number of benzene rings is 3. The Labute approximate surface area is 217 Å². The first-order chi connectivity index (χ1) is 17.3. The average molecular weight is 510 g/mol. The highest BCUT2D eigenvalue weighted by Gasteiger charge is 2.19. The van der Waals surface area contributed by atoms with Crippen LogP contribution in [0.3, 0.4) is 0 Å². The van der Waals surface area contributed by atoms with Crippen molar-refractivity contribution in [2.75, 3.05) is 14.2 Å². The minimum atomic E-state index is -0.464. The number of hydrazine groups is 1. The molecule has 7 nitrogen and oxygen atoms in total. The zero-order valence-electron chi connectivity index (χ0n) is 21.0. The lowest BCUT2D eigenvalue weighted by Crippen LogP contribution is -2.49. The molecular weight excluding hydrogens is 478 g/mol. The summed E-state index contributed by atoms with van der Waals surface area (Å²) >= 11 is 6.39. The van der Waals surface area contributed by atoms with Crippen molar-refractivity contribution in [2.45, 2.75) is 33.4 Å². The van der Waals surface area contributed by atoms with Crippen molar-refractivity contribution >= 4 is 23.5 Å². The number of hydrogen-bond acceptors (Lipinski definition) is 4. The highest BCUT2D eigenvalue weighted by atomic mass is 35.5. The molecule has 0 bridgehead atoms. The van der Waals surface area contributed by atoms with Gasteiger partial charge in [-0.15, -0.1) is 0 Å². The number of carbonyl (C=O) groups excluding carboxylic acids is 2. The van der Waals surface area contributed by atoms with E-state index in [0.717, 1.165) is 23.1 Å². The lowest BCUT2D eigenvalue weighted by atomic mass is 10.0. The number of methoxy groups -OCH3 is 1. The molecule has 0 aliphatic rings. The molecule has 2 N–H and O–H groups in total. The second-order valence-electron chi connectivity index (χ2n) is 8.75. The first-order valence-corrected chi connectivity index (χ1v) is 12.1. The van der Waals surface area contributed by atoms with E-state index in [1.54, 1.807) is 31.4 Å². The molecule has 0 aromatic heterocycles. The largest absolute Gasteiger partial charge is 0.493 e. The molecule has 0 unspecified atom stereocenters. The van der Waals surface area contributed by atoms with Crippen LogP contribution < -0.4 is 20.2 Å². The van der Waals surface area contributed by atoms with Crippen LogP contribution in [-0.4, -0.2) is 31.1 Å². The minimum Gasteiger partial charge on any atom is -0.493 e. The third kappa shape index (κ3) is 7.39. The maximum absolute atomic E-state index is 12.9. The van der Waals surface area contributed by atoms with E-state index in [9.17, 15) is 9.59 Å². The van der Waals surface area contributed by atoms with Crippen LogP contribution in [0.2, 0.25) is 5.02 Å². The van der Waals surface area contributed by atoms with Gasteiger partial charge in [-0.05, 0) is 53.3 Å². The molecule has 0 saturated heterocycles. The van der Waals surface area contributed by atoms with Crippen LogP contribution >= 0.6 is 11.6 Å². The highest BCUT2D eigenvalue weighted by Crippen LogP contribution is 2.29. The fourth-order valence-corrected chi connectivity index (χ4v) is 3.88. The van der Waals surface area contributed by atoms with Crippen molar-refractivity contribution < 1.29 is 19.1 Å². The van der Waals surface area contributed by atoms with E-state index in [4.69, 9.17) is 21.1 Å². The summed E-state index contributed by atoms with van der Waals surface area (Å²) < 4.78 is 11.4. The molecule has 0 aliphatic heterocycles. The summed E-state index contributed by atoms with van der Waals surface area (Å²) in [5.74, 6) is 1.11. The van der Waals surface area contributed by atoms with Crippen LogP contribution in [0.5, 0.6) is 11.5 Å². The molecule has 0 saturated carbocycles. The summed E-state index contributed by atoms with van der Waals surface area (Å²) in [6.45, 7) is 4.72. The summed E-state index contributed by atoms with van der Waals surface area (Å²) in [5, 5.41) is 4.29. The second-order valence-corrected chi connectivity index (χ2v) is 9.15. The first-order valence-electron chi connectivity index (χ1n) is 11.7. The Morgan fingerprint density at radius 3 is 2.36 bits per heavy atom. The molecule has 0 radical (unpaired) electrons. The van der Waals surface area contributed by atoms with Gasteiger partial charge >= 0.3 is 6.03 Å². The molecule has 0 heterocycles. The van der Waals surface area contributed by atoms with Crippen LogP contribution in [0.4, 0.5) is 4.79 Å². The summed E-state index contributed by atoms with van der Waals surface area (Å²) in [6.07, 6.45) is 0.817. The highest BCUT2D eigenvalue weighted by molar-refractivity contribution is 6.31. The second kappa shape index (κ2) is 12.8. The number of nitrogens with zero attached hydrogens (tertiary/aromatic N) is 1. The Hall–Kier alpha value is -3.71. The van der Waals surface area contributed by atoms with Gasteiger partial charge in [-0.2, -0.15) is 0 Å². The summed E-state index contributed by atoms with van der Waals surface area (Å²) in [7, 11) is 3.06. The lowest BCUT2D eigenvalue weighted by molar-refractivity contribution is 0.0819. The van der Waals surface area contributed by atoms with E-state index in [1.807, 2.05) is 42.5 Å². The fraction of sp³-hybridized carbons (Fsp3) is 0.286. The van der Waals surface area contributed by atoms with Crippen molar-refractivity contribution in [3.05, 3.63) is 94.0 Å². The topological polar surface area (TPSA) is 79.9 Å². The molecule has 0 fully saturated rings. The zero-order valence-corrected chi connectivity index (χ0v) is 21.8. The van der Waals surface area contributed by atoms with Gasteiger partial charge in [-0.3, -0.25) is 10.2 Å². The number of carbonyl (C=O) groups is 2. The van der Waals surface area contributed by atoms with E-state index < -0.39 is 11.9 Å². The summed E-state index contributed by atoms with van der Waals surface area (Å²) in [4.78, 5) is 25.4. The maximum atomic E-state index is 12.9. The fourth-order valence-electron chi connectivity index (χ4n) is 3.63.